The monoisotopic (exact) mass is 192 g/mol. The Labute approximate surface area is 88.8 Å². The van der Waals surface area contributed by atoms with Gasteiger partial charge in [0.2, 0.25) is 0 Å². The molecule has 0 bridgehead atoms. The molecule has 2 aliphatic rings. The van der Waals surface area contributed by atoms with E-state index >= 15 is 0 Å². The molecule has 0 heteroatoms. The van der Waals surface area contributed by atoms with Gasteiger partial charge in [-0.05, 0) is 56.3 Å². The highest BCUT2D eigenvalue weighted by molar-refractivity contribution is 5.29. The molecular formula is C14H24. The molecule has 0 nitrogen and oxygen atoms in total. The average Bonchev–Trinajstić information content (AvgIpc) is 2.82. The van der Waals surface area contributed by atoms with Gasteiger partial charge in [-0.25, -0.2) is 0 Å². The summed E-state index contributed by atoms with van der Waals surface area (Å²) in [6.45, 7) is 11.8. The van der Waals surface area contributed by atoms with Crippen LogP contribution in [0.2, 0.25) is 0 Å². The Morgan fingerprint density at radius 1 is 1.36 bits per heavy atom. The summed E-state index contributed by atoms with van der Waals surface area (Å²) in [5.74, 6) is 2.93. The van der Waals surface area contributed by atoms with Crippen molar-refractivity contribution in [1.29, 1.82) is 0 Å². The van der Waals surface area contributed by atoms with E-state index in [0.717, 1.165) is 17.8 Å². The van der Waals surface area contributed by atoms with E-state index in [1.54, 1.807) is 11.1 Å². The van der Waals surface area contributed by atoms with E-state index in [2.05, 4.69) is 34.6 Å². The molecule has 4 atom stereocenters. The van der Waals surface area contributed by atoms with Crippen LogP contribution in [0, 0.1) is 23.2 Å². The molecule has 2 aliphatic carbocycles. The molecule has 14 heavy (non-hydrogen) atoms. The van der Waals surface area contributed by atoms with Crippen LogP contribution in [0.15, 0.2) is 11.1 Å². The number of hydrogen-bond donors (Lipinski definition) is 0. The Balaban J connectivity index is 2.16. The Kier molecular flexibility index (Phi) is 2.28. The van der Waals surface area contributed by atoms with Crippen LogP contribution in [-0.2, 0) is 0 Å². The maximum Gasteiger partial charge on any atom is -0.0167 e. The highest BCUT2D eigenvalue weighted by Gasteiger charge is 2.58. The van der Waals surface area contributed by atoms with E-state index in [0.29, 0.717) is 5.41 Å². The van der Waals surface area contributed by atoms with Gasteiger partial charge in [0.1, 0.15) is 0 Å². The lowest BCUT2D eigenvalue weighted by Crippen LogP contribution is -2.43. The molecular weight excluding hydrogens is 168 g/mol. The van der Waals surface area contributed by atoms with E-state index in [9.17, 15) is 0 Å². The van der Waals surface area contributed by atoms with Gasteiger partial charge in [0.15, 0.2) is 0 Å². The van der Waals surface area contributed by atoms with Crippen molar-refractivity contribution in [3.63, 3.8) is 0 Å². The minimum Gasteiger partial charge on any atom is -0.0769 e. The Bertz CT molecular complexity index is 270. The van der Waals surface area contributed by atoms with Crippen LogP contribution < -0.4 is 0 Å². The molecule has 0 radical (unpaired) electrons. The number of rotatable bonds is 2. The first-order chi connectivity index (χ1) is 6.53. The van der Waals surface area contributed by atoms with Gasteiger partial charge >= 0.3 is 0 Å². The molecule has 2 fully saturated rings. The zero-order chi connectivity index (χ0) is 10.5. The summed E-state index contributed by atoms with van der Waals surface area (Å²) in [5, 5.41) is 0. The van der Waals surface area contributed by atoms with Crippen molar-refractivity contribution in [3.05, 3.63) is 11.1 Å². The summed E-state index contributed by atoms with van der Waals surface area (Å²) >= 11 is 0. The molecule has 80 valence electrons. The fourth-order valence-corrected chi connectivity index (χ4v) is 3.76. The third kappa shape index (κ3) is 1.19. The van der Waals surface area contributed by atoms with E-state index in [1.807, 2.05) is 0 Å². The second kappa shape index (κ2) is 3.12. The predicted octanol–water partition coefficient (Wildman–Crippen LogP) is 4.42. The lowest BCUT2D eigenvalue weighted by molar-refractivity contribution is 0.0715. The molecule has 0 N–H and O–H groups in total. The molecule has 0 heterocycles. The molecule has 2 rings (SSSR count). The maximum atomic E-state index is 2.46. The second-order valence-corrected chi connectivity index (χ2v) is 5.83. The zero-order valence-electron chi connectivity index (χ0n) is 10.4. The minimum absolute atomic E-state index is 0.700. The molecule has 0 aromatic carbocycles. The van der Waals surface area contributed by atoms with E-state index in [4.69, 9.17) is 0 Å². The van der Waals surface area contributed by atoms with E-state index in [-0.39, 0.29) is 0 Å². The summed E-state index contributed by atoms with van der Waals surface area (Å²) in [6.07, 6.45) is 4.29. The molecule has 0 aromatic rings. The SMILES string of the molecule is CCC1(C2CC2C)CC(=C(C)C)C1C. The Morgan fingerprint density at radius 3 is 2.21 bits per heavy atom. The predicted molar refractivity (Wildman–Crippen MR) is 62.2 cm³/mol. The van der Waals surface area contributed by atoms with Crippen LogP contribution in [0.4, 0.5) is 0 Å². The van der Waals surface area contributed by atoms with Crippen molar-refractivity contribution >= 4 is 0 Å². The van der Waals surface area contributed by atoms with Crippen molar-refractivity contribution in [2.24, 2.45) is 23.2 Å². The lowest BCUT2D eigenvalue weighted by Gasteiger charge is -2.52. The van der Waals surface area contributed by atoms with Crippen LogP contribution >= 0.6 is 0 Å². The van der Waals surface area contributed by atoms with Gasteiger partial charge in [-0.1, -0.05) is 31.9 Å². The van der Waals surface area contributed by atoms with Crippen molar-refractivity contribution in [2.75, 3.05) is 0 Å². The van der Waals surface area contributed by atoms with Crippen LogP contribution in [0.25, 0.3) is 0 Å². The highest BCUT2D eigenvalue weighted by atomic mass is 14.6. The average molecular weight is 192 g/mol. The quantitative estimate of drug-likeness (QED) is 0.568. The first-order valence-electron chi connectivity index (χ1n) is 6.19. The van der Waals surface area contributed by atoms with Crippen LogP contribution in [0.5, 0.6) is 0 Å². The van der Waals surface area contributed by atoms with Crippen LogP contribution in [-0.4, -0.2) is 0 Å². The van der Waals surface area contributed by atoms with Crippen LogP contribution in [0.1, 0.15) is 53.9 Å². The molecule has 0 spiro atoms. The third-order valence-corrected chi connectivity index (χ3v) is 5.05. The second-order valence-electron chi connectivity index (χ2n) is 5.83. The Morgan fingerprint density at radius 2 is 1.93 bits per heavy atom. The number of hydrogen-bond acceptors (Lipinski definition) is 0. The van der Waals surface area contributed by atoms with Gasteiger partial charge in [-0.2, -0.15) is 0 Å². The molecule has 2 saturated carbocycles. The fourth-order valence-electron chi connectivity index (χ4n) is 3.76. The number of allylic oxidation sites excluding steroid dienone is 2. The molecule has 0 aromatic heterocycles. The fraction of sp³-hybridized carbons (Fsp3) is 0.857. The summed E-state index contributed by atoms with van der Waals surface area (Å²) in [6, 6.07) is 0. The van der Waals surface area contributed by atoms with Crippen molar-refractivity contribution in [1.82, 2.24) is 0 Å². The largest absolute Gasteiger partial charge is 0.0769 e. The Hall–Kier alpha value is -0.260. The van der Waals surface area contributed by atoms with Gasteiger partial charge < -0.3 is 0 Å². The first-order valence-corrected chi connectivity index (χ1v) is 6.19. The van der Waals surface area contributed by atoms with Gasteiger partial charge in [-0.15, -0.1) is 0 Å². The molecule has 0 aliphatic heterocycles. The summed E-state index contributed by atoms with van der Waals surface area (Å²) in [4.78, 5) is 0. The lowest BCUT2D eigenvalue weighted by atomic mass is 9.52. The van der Waals surface area contributed by atoms with E-state index < -0.39 is 0 Å². The smallest absolute Gasteiger partial charge is 0.0167 e. The van der Waals surface area contributed by atoms with E-state index in [1.165, 1.54) is 19.3 Å². The standard InChI is InChI=1S/C14H24/c1-6-14(13-7-10(13)4)8-12(9(2)3)11(14)5/h10-11,13H,6-8H2,1-5H3. The molecule has 0 amide bonds. The summed E-state index contributed by atoms with van der Waals surface area (Å²) < 4.78 is 0. The minimum atomic E-state index is 0.700. The van der Waals surface area contributed by atoms with Gasteiger partial charge in [0.05, 0.1) is 0 Å². The van der Waals surface area contributed by atoms with Gasteiger partial charge in [0.25, 0.3) is 0 Å². The zero-order valence-corrected chi connectivity index (χ0v) is 10.4. The maximum absolute atomic E-state index is 2.46. The molecule has 4 unspecified atom stereocenters. The van der Waals surface area contributed by atoms with Crippen LogP contribution in [0.3, 0.4) is 0 Å². The van der Waals surface area contributed by atoms with Gasteiger partial charge in [0, 0.05) is 0 Å². The summed E-state index contributed by atoms with van der Waals surface area (Å²) in [5.41, 5.74) is 4.03. The van der Waals surface area contributed by atoms with Gasteiger partial charge in [-0.3, -0.25) is 0 Å². The first kappa shape index (κ1) is 10.3. The van der Waals surface area contributed by atoms with Crippen molar-refractivity contribution < 1.29 is 0 Å². The highest BCUT2D eigenvalue weighted by Crippen LogP contribution is 2.66. The summed E-state index contributed by atoms with van der Waals surface area (Å²) in [7, 11) is 0. The van der Waals surface area contributed by atoms with Crippen molar-refractivity contribution in [3.8, 4) is 0 Å². The topological polar surface area (TPSA) is 0 Å². The normalized spacial score (nSPS) is 46.1. The molecule has 0 saturated heterocycles. The third-order valence-electron chi connectivity index (χ3n) is 5.05. The van der Waals surface area contributed by atoms with Crippen molar-refractivity contribution in [2.45, 2.75) is 53.9 Å².